The highest BCUT2D eigenvalue weighted by atomic mass is 16.6. The van der Waals surface area contributed by atoms with E-state index in [0.29, 0.717) is 18.1 Å². The van der Waals surface area contributed by atoms with Gasteiger partial charge in [0.2, 0.25) is 5.84 Å². The molecule has 2 aromatic heterocycles. The molecular weight excluding hydrogens is 278 g/mol. The molecule has 6 heteroatoms. The van der Waals surface area contributed by atoms with Gasteiger partial charge in [0, 0.05) is 0 Å². The Labute approximate surface area is 130 Å². The lowest BCUT2D eigenvalue weighted by molar-refractivity contribution is 0.157. The lowest BCUT2D eigenvalue weighted by Crippen LogP contribution is -2.17. The Morgan fingerprint density at radius 3 is 2.82 bits per heavy atom. The molecule has 0 spiro atoms. The molecule has 0 atom stereocenters. The second-order valence-electron chi connectivity index (χ2n) is 5.82. The van der Waals surface area contributed by atoms with Crippen LogP contribution in [0.1, 0.15) is 39.1 Å². The monoisotopic (exact) mass is 299 g/mol. The van der Waals surface area contributed by atoms with E-state index in [1.807, 2.05) is 31.2 Å². The average Bonchev–Trinajstić information content (AvgIpc) is 2.99. The van der Waals surface area contributed by atoms with Gasteiger partial charge in [-0.05, 0) is 30.5 Å². The summed E-state index contributed by atoms with van der Waals surface area (Å²) in [5.41, 5.74) is 1.64. The molecule has 0 amide bonds. The van der Waals surface area contributed by atoms with Crippen LogP contribution in [0.3, 0.4) is 0 Å². The third kappa shape index (κ3) is 4.51. The van der Waals surface area contributed by atoms with Crippen LogP contribution in [0.4, 0.5) is 0 Å². The molecule has 0 saturated heterocycles. The molecule has 0 bridgehead atoms. The molecule has 2 aromatic rings. The predicted molar refractivity (Wildman–Crippen MR) is 86.3 cm³/mol. The number of aromatic nitrogens is 4. The fourth-order valence-electron chi connectivity index (χ4n) is 1.65. The molecule has 0 aromatic carbocycles. The summed E-state index contributed by atoms with van der Waals surface area (Å²) in [7, 11) is 0. The van der Waals surface area contributed by atoms with E-state index >= 15 is 0 Å². The van der Waals surface area contributed by atoms with Crippen molar-refractivity contribution in [3.63, 3.8) is 0 Å². The molecule has 0 aliphatic carbocycles. The van der Waals surface area contributed by atoms with Crippen LogP contribution in [-0.4, -0.2) is 32.2 Å². The number of allylic oxidation sites excluding steroid dienone is 1. The predicted octanol–water partition coefficient (Wildman–Crippen LogP) is 2.98. The molecular formula is C16H21N5O. The van der Waals surface area contributed by atoms with E-state index in [9.17, 15) is 0 Å². The summed E-state index contributed by atoms with van der Waals surface area (Å²) in [5, 5.41) is 8.19. The Morgan fingerprint density at radius 1 is 1.36 bits per heavy atom. The van der Waals surface area contributed by atoms with Gasteiger partial charge in [0.1, 0.15) is 25.0 Å². The van der Waals surface area contributed by atoms with Gasteiger partial charge in [0.05, 0.1) is 5.69 Å². The second kappa shape index (κ2) is 6.98. The summed E-state index contributed by atoms with van der Waals surface area (Å²) in [6.45, 7) is 8.78. The van der Waals surface area contributed by atoms with Crippen molar-refractivity contribution < 1.29 is 4.84 Å². The maximum Gasteiger partial charge on any atom is 0.219 e. The molecule has 6 nitrogen and oxygen atoms in total. The van der Waals surface area contributed by atoms with Gasteiger partial charge in [-0.3, -0.25) is 0 Å². The lowest BCUT2D eigenvalue weighted by atomic mass is 9.96. The summed E-state index contributed by atoms with van der Waals surface area (Å²) < 4.78 is 1.54. The molecule has 0 aliphatic heterocycles. The largest absolute Gasteiger partial charge is 0.394 e. The fraction of sp³-hybridized carbons (Fsp3) is 0.375. The van der Waals surface area contributed by atoms with Crippen molar-refractivity contribution in [1.29, 1.82) is 0 Å². The minimum Gasteiger partial charge on any atom is -0.394 e. The van der Waals surface area contributed by atoms with E-state index in [0.717, 1.165) is 5.69 Å². The zero-order valence-electron chi connectivity index (χ0n) is 13.4. The van der Waals surface area contributed by atoms with E-state index in [4.69, 9.17) is 4.84 Å². The highest BCUT2D eigenvalue weighted by Crippen LogP contribution is 2.16. The zero-order chi connectivity index (χ0) is 16.0. The Morgan fingerprint density at radius 2 is 2.18 bits per heavy atom. The first-order valence-electron chi connectivity index (χ1n) is 7.21. The van der Waals surface area contributed by atoms with E-state index in [1.54, 1.807) is 6.33 Å². The van der Waals surface area contributed by atoms with Gasteiger partial charge in [-0.15, -0.1) is 0 Å². The number of nitrogens with zero attached hydrogens (tertiary/aromatic N) is 5. The summed E-state index contributed by atoms with van der Waals surface area (Å²) in [4.78, 5) is 13.7. The van der Waals surface area contributed by atoms with Gasteiger partial charge < -0.3 is 4.84 Å². The third-order valence-electron chi connectivity index (χ3n) is 2.67. The smallest absolute Gasteiger partial charge is 0.219 e. The lowest BCUT2D eigenvalue weighted by Gasteiger charge is -2.11. The first-order valence-corrected chi connectivity index (χ1v) is 7.21. The Kier molecular flexibility index (Phi) is 5.04. The van der Waals surface area contributed by atoms with Crippen molar-refractivity contribution in [2.45, 2.75) is 27.7 Å². The van der Waals surface area contributed by atoms with Crippen molar-refractivity contribution in [1.82, 2.24) is 19.7 Å². The van der Waals surface area contributed by atoms with Gasteiger partial charge in [-0.2, -0.15) is 9.78 Å². The minimum atomic E-state index is 0.103. The summed E-state index contributed by atoms with van der Waals surface area (Å²) >= 11 is 0. The van der Waals surface area contributed by atoms with Crippen LogP contribution < -0.4 is 0 Å². The molecule has 0 unspecified atom stereocenters. The average molecular weight is 299 g/mol. The van der Waals surface area contributed by atoms with Crippen molar-refractivity contribution >= 4 is 11.9 Å². The van der Waals surface area contributed by atoms with Gasteiger partial charge in [0.15, 0.2) is 0 Å². The standard InChI is InChI=1S/C16H21N5O/c1-5-22-20-15(21-12-17-11-18-21)14-8-6-7-13(19-14)9-10-16(2,3)4/h6-12H,5H2,1-4H3/b10-9+,20-15+. The number of rotatable bonds is 4. The van der Waals surface area contributed by atoms with E-state index < -0.39 is 0 Å². The van der Waals surface area contributed by atoms with Crippen LogP contribution in [0.2, 0.25) is 0 Å². The number of hydrogen-bond donors (Lipinski definition) is 0. The van der Waals surface area contributed by atoms with E-state index in [1.165, 1.54) is 11.0 Å². The molecule has 116 valence electrons. The Hall–Kier alpha value is -2.50. The fourth-order valence-corrected chi connectivity index (χ4v) is 1.65. The van der Waals surface area contributed by atoms with Gasteiger partial charge in [0.25, 0.3) is 0 Å². The SMILES string of the molecule is CCO/N=C(\c1cccc(/C=C/C(C)(C)C)n1)n1cncn1. The minimum absolute atomic E-state index is 0.103. The second-order valence-corrected chi connectivity index (χ2v) is 5.82. The van der Waals surface area contributed by atoms with Gasteiger partial charge >= 0.3 is 0 Å². The maximum atomic E-state index is 5.17. The molecule has 0 fully saturated rings. The highest BCUT2D eigenvalue weighted by molar-refractivity contribution is 5.97. The molecule has 2 heterocycles. The summed E-state index contributed by atoms with van der Waals surface area (Å²) in [5.74, 6) is 0.505. The third-order valence-corrected chi connectivity index (χ3v) is 2.67. The summed E-state index contributed by atoms with van der Waals surface area (Å²) in [6, 6.07) is 5.75. The van der Waals surface area contributed by atoms with Crippen LogP contribution >= 0.6 is 0 Å². The van der Waals surface area contributed by atoms with Gasteiger partial charge in [-0.25, -0.2) is 9.97 Å². The molecule has 0 aliphatic rings. The van der Waals surface area contributed by atoms with Crippen LogP contribution in [0, 0.1) is 5.41 Å². The number of hydrogen-bond acceptors (Lipinski definition) is 5. The Bertz CT molecular complexity index is 653. The molecule has 0 saturated carbocycles. The summed E-state index contributed by atoms with van der Waals surface area (Å²) in [6.07, 6.45) is 7.14. The molecule has 0 radical (unpaired) electrons. The van der Waals surface area contributed by atoms with E-state index in [2.05, 4.69) is 47.1 Å². The van der Waals surface area contributed by atoms with Crippen LogP contribution in [-0.2, 0) is 4.84 Å². The van der Waals surface area contributed by atoms with Gasteiger partial charge in [-0.1, -0.05) is 38.1 Å². The quantitative estimate of drug-likeness (QED) is 0.494. The van der Waals surface area contributed by atoms with E-state index in [-0.39, 0.29) is 5.41 Å². The number of oxime groups is 1. The van der Waals surface area contributed by atoms with Crippen LogP contribution in [0.5, 0.6) is 0 Å². The van der Waals surface area contributed by atoms with Crippen molar-refractivity contribution in [2.24, 2.45) is 10.6 Å². The Balaban J connectivity index is 2.35. The first-order chi connectivity index (χ1) is 10.5. The zero-order valence-corrected chi connectivity index (χ0v) is 13.4. The van der Waals surface area contributed by atoms with Crippen LogP contribution in [0.15, 0.2) is 42.1 Å². The van der Waals surface area contributed by atoms with Crippen molar-refractivity contribution in [2.75, 3.05) is 6.61 Å². The molecule has 2 rings (SSSR count). The molecule has 22 heavy (non-hydrogen) atoms. The number of pyridine rings is 1. The highest BCUT2D eigenvalue weighted by Gasteiger charge is 2.11. The first kappa shape index (κ1) is 15.9. The van der Waals surface area contributed by atoms with Crippen LogP contribution in [0.25, 0.3) is 6.08 Å². The normalized spacial score (nSPS) is 12.8. The maximum absolute atomic E-state index is 5.17. The topological polar surface area (TPSA) is 65.2 Å². The molecule has 0 N–H and O–H groups in total. The van der Waals surface area contributed by atoms with Crippen molar-refractivity contribution in [3.05, 3.63) is 48.3 Å². The van der Waals surface area contributed by atoms with Crippen molar-refractivity contribution in [3.8, 4) is 0 Å².